The van der Waals surface area contributed by atoms with Gasteiger partial charge < -0.3 is 4.90 Å². The van der Waals surface area contributed by atoms with Gasteiger partial charge in [-0.05, 0) is 33.6 Å². The molecule has 1 atom stereocenters. The number of nitrogens with zero attached hydrogens (tertiary/aromatic N) is 1. The third-order valence-electron chi connectivity index (χ3n) is 3.90. The lowest BCUT2D eigenvalue weighted by Gasteiger charge is -2.16. The van der Waals surface area contributed by atoms with Crippen LogP contribution in [0.15, 0.2) is 46.3 Å². The molecule has 0 radical (unpaired) electrons. The van der Waals surface area contributed by atoms with Gasteiger partial charge >= 0.3 is 0 Å². The summed E-state index contributed by atoms with van der Waals surface area (Å²) in [5.74, 6) is -1.26. The van der Waals surface area contributed by atoms with Crippen LogP contribution in [0.3, 0.4) is 0 Å². The second kappa shape index (κ2) is 7.79. The number of likely N-dealkylation sites (tertiary alicyclic amines) is 1. The third-order valence-corrected chi connectivity index (χ3v) is 5.52. The quantitative estimate of drug-likeness (QED) is 0.743. The Labute approximate surface area is 157 Å². The molecule has 2 aromatic rings. The Morgan fingerprint density at radius 1 is 1.16 bits per heavy atom. The molecule has 25 heavy (non-hydrogen) atoms. The van der Waals surface area contributed by atoms with Crippen LogP contribution in [-0.4, -0.2) is 29.2 Å². The summed E-state index contributed by atoms with van der Waals surface area (Å²) >= 11 is 4.56. The SMILES string of the molecule is O=C(NNC(=O)C1CC(=O)N(Cc2ccccc2)C1)c1ccc(Br)s1. The highest BCUT2D eigenvalue weighted by atomic mass is 79.9. The highest BCUT2D eigenvalue weighted by Gasteiger charge is 2.34. The smallest absolute Gasteiger partial charge is 0.279 e. The second-order valence-electron chi connectivity index (χ2n) is 5.71. The summed E-state index contributed by atoms with van der Waals surface area (Å²) in [5, 5.41) is 0. The standard InChI is InChI=1S/C17H16BrN3O3S/c18-14-7-6-13(25-14)17(24)20-19-16(23)12-8-15(22)21(10-12)9-11-4-2-1-3-5-11/h1-7,12H,8-10H2,(H,19,23)(H,20,24). The first kappa shape index (κ1) is 17.6. The average molecular weight is 422 g/mol. The van der Waals surface area contributed by atoms with Gasteiger partial charge in [-0.15, -0.1) is 11.3 Å². The molecule has 3 rings (SSSR count). The largest absolute Gasteiger partial charge is 0.338 e. The first-order valence-electron chi connectivity index (χ1n) is 7.70. The van der Waals surface area contributed by atoms with Gasteiger partial charge in [0.1, 0.15) is 0 Å². The van der Waals surface area contributed by atoms with E-state index in [0.717, 1.165) is 9.35 Å². The van der Waals surface area contributed by atoms with E-state index in [0.29, 0.717) is 18.0 Å². The molecular weight excluding hydrogens is 406 g/mol. The summed E-state index contributed by atoms with van der Waals surface area (Å²) < 4.78 is 0.835. The number of hydrazine groups is 1. The minimum atomic E-state index is -0.466. The van der Waals surface area contributed by atoms with E-state index in [1.807, 2.05) is 30.3 Å². The van der Waals surface area contributed by atoms with Crippen LogP contribution in [-0.2, 0) is 16.1 Å². The van der Waals surface area contributed by atoms with Crippen LogP contribution >= 0.6 is 27.3 Å². The highest BCUT2D eigenvalue weighted by Crippen LogP contribution is 2.22. The first-order valence-corrected chi connectivity index (χ1v) is 9.31. The molecule has 1 aromatic heterocycles. The van der Waals surface area contributed by atoms with Crippen molar-refractivity contribution < 1.29 is 14.4 Å². The molecule has 1 aromatic carbocycles. The van der Waals surface area contributed by atoms with Gasteiger partial charge in [0.25, 0.3) is 5.91 Å². The van der Waals surface area contributed by atoms with E-state index < -0.39 is 5.92 Å². The number of hydrogen-bond donors (Lipinski definition) is 2. The van der Waals surface area contributed by atoms with Crippen molar-refractivity contribution in [1.29, 1.82) is 0 Å². The number of rotatable bonds is 4. The van der Waals surface area contributed by atoms with Crippen LogP contribution in [0, 0.1) is 5.92 Å². The van der Waals surface area contributed by atoms with Crippen LogP contribution in [0.1, 0.15) is 21.7 Å². The molecule has 0 aliphatic carbocycles. The Bertz CT molecular complexity index is 793. The fourth-order valence-corrected chi connectivity index (χ4v) is 3.90. The maximum atomic E-state index is 12.2. The first-order chi connectivity index (χ1) is 12.0. The van der Waals surface area contributed by atoms with E-state index in [4.69, 9.17) is 0 Å². The normalized spacial score (nSPS) is 16.8. The van der Waals surface area contributed by atoms with Gasteiger partial charge in [0.15, 0.2) is 0 Å². The molecule has 2 N–H and O–H groups in total. The molecule has 1 aliphatic heterocycles. The molecule has 3 amide bonds. The summed E-state index contributed by atoms with van der Waals surface area (Å²) in [6.45, 7) is 0.832. The van der Waals surface area contributed by atoms with Crippen molar-refractivity contribution in [2.24, 2.45) is 5.92 Å². The number of thiophene rings is 1. The Morgan fingerprint density at radius 2 is 1.92 bits per heavy atom. The zero-order valence-electron chi connectivity index (χ0n) is 13.2. The minimum absolute atomic E-state index is 0.0579. The van der Waals surface area contributed by atoms with Crippen molar-refractivity contribution in [3.63, 3.8) is 0 Å². The summed E-state index contributed by atoms with van der Waals surface area (Å²) in [7, 11) is 0. The molecule has 0 bridgehead atoms. The lowest BCUT2D eigenvalue weighted by molar-refractivity contribution is -0.129. The fraction of sp³-hybridized carbons (Fsp3) is 0.235. The van der Waals surface area contributed by atoms with Gasteiger partial charge in [-0.2, -0.15) is 0 Å². The number of hydrogen-bond acceptors (Lipinski definition) is 4. The van der Waals surface area contributed by atoms with Crippen molar-refractivity contribution in [3.05, 3.63) is 56.7 Å². The van der Waals surface area contributed by atoms with E-state index in [-0.39, 0.29) is 24.1 Å². The maximum Gasteiger partial charge on any atom is 0.279 e. The van der Waals surface area contributed by atoms with Gasteiger partial charge in [-0.25, -0.2) is 0 Å². The van der Waals surface area contributed by atoms with Gasteiger partial charge in [-0.3, -0.25) is 25.2 Å². The van der Waals surface area contributed by atoms with Gasteiger partial charge in [0.05, 0.1) is 14.6 Å². The number of halogens is 1. The predicted octanol–water partition coefficient (Wildman–Crippen LogP) is 2.32. The molecule has 1 unspecified atom stereocenters. The van der Waals surface area contributed by atoms with Crippen molar-refractivity contribution >= 4 is 45.0 Å². The Kier molecular flexibility index (Phi) is 5.50. The van der Waals surface area contributed by atoms with Gasteiger partial charge in [0.2, 0.25) is 11.8 Å². The Hall–Kier alpha value is -2.19. The van der Waals surface area contributed by atoms with Crippen LogP contribution < -0.4 is 10.9 Å². The summed E-state index contributed by atoms with van der Waals surface area (Å²) in [6, 6.07) is 13.1. The van der Waals surface area contributed by atoms with Gasteiger partial charge in [0, 0.05) is 19.5 Å². The molecular formula is C17H16BrN3O3S. The summed E-state index contributed by atoms with van der Waals surface area (Å²) in [4.78, 5) is 38.4. The lowest BCUT2D eigenvalue weighted by Crippen LogP contribution is -2.44. The Balaban J connectivity index is 1.51. The van der Waals surface area contributed by atoms with Crippen molar-refractivity contribution in [3.8, 4) is 0 Å². The number of nitrogens with one attached hydrogen (secondary N) is 2. The molecule has 0 spiro atoms. The van der Waals surface area contributed by atoms with E-state index in [9.17, 15) is 14.4 Å². The summed E-state index contributed by atoms with van der Waals surface area (Å²) in [5.41, 5.74) is 5.82. The fourth-order valence-electron chi connectivity index (χ4n) is 2.62. The van der Waals surface area contributed by atoms with Crippen LogP contribution in [0.25, 0.3) is 0 Å². The molecule has 2 heterocycles. The van der Waals surface area contributed by atoms with E-state index in [2.05, 4.69) is 26.8 Å². The van der Waals surface area contributed by atoms with Crippen LogP contribution in [0.5, 0.6) is 0 Å². The molecule has 130 valence electrons. The second-order valence-corrected chi connectivity index (χ2v) is 8.17. The third kappa shape index (κ3) is 4.46. The predicted molar refractivity (Wildman–Crippen MR) is 97.6 cm³/mol. The van der Waals surface area contributed by atoms with Gasteiger partial charge in [-0.1, -0.05) is 30.3 Å². The molecule has 1 saturated heterocycles. The van der Waals surface area contributed by atoms with Crippen molar-refractivity contribution in [1.82, 2.24) is 15.8 Å². The minimum Gasteiger partial charge on any atom is -0.338 e. The molecule has 1 fully saturated rings. The monoisotopic (exact) mass is 421 g/mol. The topological polar surface area (TPSA) is 78.5 Å². The highest BCUT2D eigenvalue weighted by molar-refractivity contribution is 9.11. The van der Waals surface area contributed by atoms with Crippen molar-refractivity contribution in [2.45, 2.75) is 13.0 Å². The summed E-state index contributed by atoms with van der Waals surface area (Å²) in [6.07, 6.45) is 0.152. The van der Waals surface area contributed by atoms with Crippen LogP contribution in [0.4, 0.5) is 0 Å². The zero-order valence-corrected chi connectivity index (χ0v) is 15.6. The molecule has 0 saturated carbocycles. The Morgan fingerprint density at radius 3 is 2.60 bits per heavy atom. The van der Waals surface area contributed by atoms with E-state index >= 15 is 0 Å². The number of amides is 3. The molecule has 1 aliphatic rings. The molecule has 8 heteroatoms. The maximum absolute atomic E-state index is 12.2. The number of benzene rings is 1. The van der Waals surface area contributed by atoms with E-state index in [1.165, 1.54) is 11.3 Å². The van der Waals surface area contributed by atoms with Crippen LogP contribution in [0.2, 0.25) is 0 Å². The van der Waals surface area contributed by atoms with Crippen molar-refractivity contribution in [2.75, 3.05) is 6.54 Å². The molecule has 6 nitrogen and oxygen atoms in total. The lowest BCUT2D eigenvalue weighted by atomic mass is 10.1. The number of carbonyl (C=O) groups is 3. The van der Waals surface area contributed by atoms with E-state index in [1.54, 1.807) is 17.0 Å². The average Bonchev–Trinajstić information content (AvgIpc) is 3.20. The zero-order chi connectivity index (χ0) is 17.8. The number of carbonyl (C=O) groups excluding carboxylic acids is 3.